The van der Waals surface area contributed by atoms with Gasteiger partial charge >= 0.3 is 5.97 Å². The second kappa shape index (κ2) is 4.70. The van der Waals surface area contributed by atoms with E-state index in [0.717, 1.165) is 11.1 Å². The first-order valence-corrected chi connectivity index (χ1v) is 5.55. The molecule has 0 bridgehead atoms. The van der Waals surface area contributed by atoms with E-state index in [2.05, 4.69) is 0 Å². The molecule has 0 aliphatic carbocycles. The van der Waals surface area contributed by atoms with Crippen LogP contribution in [0.15, 0.2) is 18.2 Å². The highest BCUT2D eigenvalue weighted by molar-refractivity contribution is 6.03. The van der Waals surface area contributed by atoms with Crippen LogP contribution in [0.5, 0.6) is 0 Å². The number of hydrogen-bond donors (Lipinski definition) is 0. The van der Waals surface area contributed by atoms with Crippen LogP contribution < -0.4 is 0 Å². The van der Waals surface area contributed by atoms with Crippen LogP contribution in [-0.2, 0) is 9.53 Å². The largest absolute Gasteiger partial charge is 0.451 e. The molecule has 0 fully saturated rings. The fraction of sp³-hybridized carbons (Fsp3) is 0.429. The SMILES string of the molecule is CC(=O)OC(C)(C)C(=O)c1cc(C)cc(C)c1. The van der Waals surface area contributed by atoms with Crippen molar-refractivity contribution in [2.75, 3.05) is 0 Å². The minimum Gasteiger partial charge on any atom is -0.451 e. The summed E-state index contributed by atoms with van der Waals surface area (Å²) in [7, 11) is 0. The van der Waals surface area contributed by atoms with Gasteiger partial charge in [-0.1, -0.05) is 17.2 Å². The number of carbonyl (C=O) groups excluding carboxylic acids is 2. The van der Waals surface area contributed by atoms with E-state index in [4.69, 9.17) is 4.74 Å². The fourth-order valence-corrected chi connectivity index (χ4v) is 1.86. The summed E-state index contributed by atoms with van der Waals surface area (Å²) in [5.41, 5.74) is 1.50. The normalized spacial score (nSPS) is 11.1. The Morgan fingerprint density at radius 2 is 1.53 bits per heavy atom. The van der Waals surface area contributed by atoms with E-state index in [1.807, 2.05) is 19.9 Å². The molecule has 3 heteroatoms. The Kier molecular flexibility index (Phi) is 3.71. The van der Waals surface area contributed by atoms with Crippen LogP contribution in [0.4, 0.5) is 0 Å². The first-order chi connectivity index (χ1) is 7.72. The van der Waals surface area contributed by atoms with Crippen molar-refractivity contribution in [1.82, 2.24) is 0 Å². The summed E-state index contributed by atoms with van der Waals surface area (Å²) in [5.74, 6) is -0.632. The molecule has 0 amide bonds. The Balaban J connectivity index is 3.07. The Morgan fingerprint density at radius 1 is 1.06 bits per heavy atom. The number of esters is 1. The highest BCUT2D eigenvalue weighted by Gasteiger charge is 2.31. The zero-order valence-electron chi connectivity index (χ0n) is 11.0. The molecule has 0 aliphatic rings. The van der Waals surface area contributed by atoms with Crippen molar-refractivity contribution >= 4 is 11.8 Å². The lowest BCUT2D eigenvalue weighted by molar-refractivity contribution is -0.149. The van der Waals surface area contributed by atoms with E-state index in [1.165, 1.54) is 6.92 Å². The lowest BCUT2D eigenvalue weighted by Gasteiger charge is -2.23. The molecule has 0 aromatic heterocycles. The molecule has 1 rings (SSSR count). The molecule has 3 nitrogen and oxygen atoms in total. The molecule has 0 radical (unpaired) electrons. The monoisotopic (exact) mass is 234 g/mol. The molecular formula is C14H18O3. The first kappa shape index (κ1) is 13.4. The molecule has 0 N–H and O–H groups in total. The van der Waals surface area contributed by atoms with E-state index < -0.39 is 11.6 Å². The summed E-state index contributed by atoms with van der Waals surface area (Å²) in [5, 5.41) is 0. The van der Waals surface area contributed by atoms with E-state index in [9.17, 15) is 9.59 Å². The summed E-state index contributed by atoms with van der Waals surface area (Å²) in [6.07, 6.45) is 0. The van der Waals surface area contributed by atoms with Gasteiger partial charge in [0.15, 0.2) is 5.60 Å². The minimum atomic E-state index is -1.12. The van der Waals surface area contributed by atoms with Gasteiger partial charge < -0.3 is 4.74 Å². The number of ketones is 1. The number of rotatable bonds is 3. The van der Waals surface area contributed by atoms with Crippen molar-refractivity contribution in [1.29, 1.82) is 0 Å². The summed E-state index contributed by atoms with van der Waals surface area (Å²) in [6, 6.07) is 5.61. The van der Waals surface area contributed by atoms with Gasteiger partial charge in [0.1, 0.15) is 0 Å². The van der Waals surface area contributed by atoms with Crippen molar-refractivity contribution in [2.24, 2.45) is 0 Å². The van der Waals surface area contributed by atoms with Crippen molar-refractivity contribution in [2.45, 2.75) is 40.2 Å². The molecule has 0 unspecified atom stereocenters. The Bertz CT molecular complexity index is 438. The van der Waals surface area contributed by atoms with Crippen LogP contribution in [0.2, 0.25) is 0 Å². The summed E-state index contributed by atoms with van der Waals surface area (Å²) in [6.45, 7) is 8.38. The van der Waals surface area contributed by atoms with Crippen LogP contribution in [0.3, 0.4) is 0 Å². The van der Waals surface area contributed by atoms with Gasteiger partial charge in [0.2, 0.25) is 5.78 Å². The molecule has 1 aromatic carbocycles. The molecule has 92 valence electrons. The van der Waals surface area contributed by atoms with Gasteiger partial charge in [-0.3, -0.25) is 9.59 Å². The second-order valence-corrected chi connectivity index (χ2v) is 4.81. The second-order valence-electron chi connectivity index (χ2n) is 4.81. The lowest BCUT2D eigenvalue weighted by atomic mass is 9.94. The van der Waals surface area contributed by atoms with Crippen molar-refractivity contribution < 1.29 is 14.3 Å². The molecule has 17 heavy (non-hydrogen) atoms. The van der Waals surface area contributed by atoms with Crippen LogP contribution >= 0.6 is 0 Å². The van der Waals surface area contributed by atoms with Gasteiger partial charge in [-0.15, -0.1) is 0 Å². The standard InChI is InChI=1S/C14H18O3/c1-9-6-10(2)8-12(7-9)13(16)14(4,5)17-11(3)15/h6-8H,1-5H3. The quantitative estimate of drug-likeness (QED) is 0.596. The molecule has 0 saturated carbocycles. The lowest BCUT2D eigenvalue weighted by Crippen LogP contribution is -2.36. The highest BCUT2D eigenvalue weighted by atomic mass is 16.6. The predicted octanol–water partition coefficient (Wildman–Crippen LogP) is 2.83. The van der Waals surface area contributed by atoms with Crippen molar-refractivity contribution in [3.8, 4) is 0 Å². The van der Waals surface area contributed by atoms with Crippen LogP contribution in [0.1, 0.15) is 42.3 Å². The Morgan fingerprint density at radius 3 is 1.94 bits per heavy atom. The maximum atomic E-state index is 12.2. The topological polar surface area (TPSA) is 43.4 Å². The van der Waals surface area contributed by atoms with Gasteiger partial charge in [0, 0.05) is 12.5 Å². The zero-order chi connectivity index (χ0) is 13.2. The van der Waals surface area contributed by atoms with Crippen LogP contribution in [0.25, 0.3) is 0 Å². The third kappa shape index (κ3) is 3.41. The summed E-state index contributed by atoms with van der Waals surface area (Å²) in [4.78, 5) is 23.2. The number of Topliss-reactive ketones (excluding diaryl/α,β-unsaturated/α-hetero) is 1. The van der Waals surface area contributed by atoms with E-state index >= 15 is 0 Å². The average Bonchev–Trinajstić information content (AvgIpc) is 2.12. The third-order valence-electron chi connectivity index (χ3n) is 2.43. The highest BCUT2D eigenvalue weighted by Crippen LogP contribution is 2.19. The van der Waals surface area contributed by atoms with Gasteiger partial charge in [0.05, 0.1) is 0 Å². The van der Waals surface area contributed by atoms with E-state index in [-0.39, 0.29) is 5.78 Å². The molecule has 0 heterocycles. The van der Waals surface area contributed by atoms with Crippen LogP contribution in [-0.4, -0.2) is 17.4 Å². The van der Waals surface area contributed by atoms with Crippen LogP contribution in [0, 0.1) is 13.8 Å². The fourth-order valence-electron chi connectivity index (χ4n) is 1.86. The van der Waals surface area contributed by atoms with Crippen molar-refractivity contribution in [3.05, 3.63) is 34.9 Å². The van der Waals surface area contributed by atoms with E-state index in [0.29, 0.717) is 5.56 Å². The van der Waals surface area contributed by atoms with E-state index in [1.54, 1.807) is 26.0 Å². The number of aryl methyl sites for hydroxylation is 2. The zero-order valence-corrected chi connectivity index (χ0v) is 11.0. The first-order valence-electron chi connectivity index (χ1n) is 5.55. The maximum Gasteiger partial charge on any atom is 0.303 e. The number of hydrogen-bond acceptors (Lipinski definition) is 3. The molecule has 0 atom stereocenters. The summed E-state index contributed by atoms with van der Waals surface area (Å²) >= 11 is 0. The van der Waals surface area contributed by atoms with Gasteiger partial charge in [-0.25, -0.2) is 0 Å². The Labute approximate surface area is 102 Å². The molecule has 0 spiro atoms. The third-order valence-corrected chi connectivity index (χ3v) is 2.43. The molecule has 0 saturated heterocycles. The minimum absolute atomic E-state index is 0.181. The molecular weight excluding hydrogens is 216 g/mol. The average molecular weight is 234 g/mol. The molecule has 1 aromatic rings. The Hall–Kier alpha value is -1.64. The summed E-state index contributed by atoms with van der Waals surface area (Å²) < 4.78 is 5.05. The smallest absolute Gasteiger partial charge is 0.303 e. The van der Waals surface area contributed by atoms with Gasteiger partial charge in [-0.2, -0.15) is 0 Å². The van der Waals surface area contributed by atoms with Gasteiger partial charge in [0.25, 0.3) is 0 Å². The maximum absolute atomic E-state index is 12.2. The predicted molar refractivity (Wildman–Crippen MR) is 66.1 cm³/mol. The van der Waals surface area contributed by atoms with Crippen molar-refractivity contribution in [3.63, 3.8) is 0 Å². The number of ether oxygens (including phenoxy) is 1. The number of benzene rings is 1. The number of carbonyl (C=O) groups is 2. The molecule has 0 aliphatic heterocycles. The van der Waals surface area contributed by atoms with Gasteiger partial charge in [-0.05, 0) is 39.8 Å².